The molecular weight excluding hydrogens is 265 g/mol. The van der Waals surface area contributed by atoms with Crippen molar-refractivity contribution in [3.63, 3.8) is 0 Å². The molecule has 1 aliphatic carbocycles. The van der Waals surface area contributed by atoms with Gasteiger partial charge in [0.05, 0.1) is 23.6 Å². The second kappa shape index (κ2) is 6.30. The molecule has 2 rings (SSSR count). The van der Waals surface area contributed by atoms with E-state index < -0.39 is 16.4 Å². The molecule has 1 aromatic carbocycles. The van der Waals surface area contributed by atoms with Gasteiger partial charge in [-0.05, 0) is 18.9 Å². The van der Waals surface area contributed by atoms with Crippen molar-refractivity contribution >= 4 is 5.69 Å². The highest BCUT2D eigenvalue weighted by Gasteiger charge is 2.24. The molecule has 7 heteroatoms. The normalized spacial score (nSPS) is 15.4. The average molecular weight is 279 g/mol. The van der Waals surface area contributed by atoms with Gasteiger partial charge >= 0.3 is 5.69 Å². The Hall–Kier alpha value is -2.20. The Kier molecular flexibility index (Phi) is 4.48. The van der Waals surface area contributed by atoms with Crippen molar-refractivity contribution in [2.45, 2.75) is 31.3 Å². The van der Waals surface area contributed by atoms with Gasteiger partial charge in [-0.1, -0.05) is 0 Å². The quantitative estimate of drug-likeness (QED) is 0.610. The SMILES string of the molecule is N#CC(CCOc1ccc([N+](=O)[O-])c(F)c1)NC1CC1. The molecule has 1 N–H and O–H groups in total. The molecule has 106 valence electrons. The molecular formula is C13H14FN3O3. The Balaban J connectivity index is 1.82. The third kappa shape index (κ3) is 3.90. The molecule has 0 radical (unpaired) electrons. The summed E-state index contributed by atoms with van der Waals surface area (Å²) in [6, 6.07) is 5.67. The molecule has 1 atom stereocenters. The van der Waals surface area contributed by atoms with Crippen LogP contribution >= 0.6 is 0 Å². The number of rotatable bonds is 7. The van der Waals surface area contributed by atoms with Gasteiger partial charge < -0.3 is 4.74 Å². The zero-order chi connectivity index (χ0) is 14.5. The fourth-order valence-corrected chi connectivity index (χ4v) is 1.74. The lowest BCUT2D eigenvalue weighted by molar-refractivity contribution is -0.387. The van der Waals surface area contributed by atoms with Crippen molar-refractivity contribution < 1.29 is 14.1 Å². The van der Waals surface area contributed by atoms with Crippen molar-refractivity contribution in [1.29, 1.82) is 5.26 Å². The summed E-state index contributed by atoms with van der Waals surface area (Å²) in [7, 11) is 0. The summed E-state index contributed by atoms with van der Waals surface area (Å²) in [4.78, 5) is 9.68. The minimum Gasteiger partial charge on any atom is -0.493 e. The average Bonchev–Trinajstić information content (AvgIpc) is 3.21. The van der Waals surface area contributed by atoms with Crippen LogP contribution in [-0.4, -0.2) is 23.6 Å². The first-order valence-corrected chi connectivity index (χ1v) is 6.32. The van der Waals surface area contributed by atoms with E-state index in [0.717, 1.165) is 25.0 Å². The first-order chi connectivity index (χ1) is 9.60. The van der Waals surface area contributed by atoms with Gasteiger partial charge in [0.25, 0.3) is 0 Å². The summed E-state index contributed by atoms with van der Waals surface area (Å²) in [6.07, 6.45) is 2.66. The van der Waals surface area contributed by atoms with Crippen molar-refractivity contribution in [3.05, 3.63) is 34.1 Å². The monoisotopic (exact) mass is 279 g/mol. The van der Waals surface area contributed by atoms with Crippen LogP contribution in [0.4, 0.5) is 10.1 Å². The lowest BCUT2D eigenvalue weighted by Gasteiger charge is -2.11. The molecule has 0 saturated heterocycles. The number of hydrogen-bond donors (Lipinski definition) is 1. The zero-order valence-electron chi connectivity index (χ0n) is 10.7. The van der Waals surface area contributed by atoms with E-state index in [1.54, 1.807) is 0 Å². The highest BCUT2D eigenvalue weighted by Crippen LogP contribution is 2.23. The molecule has 0 bridgehead atoms. The van der Waals surface area contributed by atoms with Crippen LogP contribution in [0.5, 0.6) is 5.75 Å². The Morgan fingerprint density at radius 3 is 2.90 bits per heavy atom. The van der Waals surface area contributed by atoms with E-state index in [1.165, 1.54) is 6.07 Å². The Labute approximate surface area is 115 Å². The van der Waals surface area contributed by atoms with Crippen LogP contribution < -0.4 is 10.1 Å². The zero-order valence-corrected chi connectivity index (χ0v) is 10.7. The van der Waals surface area contributed by atoms with E-state index in [2.05, 4.69) is 11.4 Å². The molecule has 0 spiro atoms. The standard InChI is InChI=1S/C13H14FN3O3/c14-12-7-11(3-4-13(12)17(18)19)20-6-5-10(8-15)16-9-1-2-9/h3-4,7,9-10,16H,1-2,5-6H2. The number of nitro groups is 1. The number of hydrogen-bond acceptors (Lipinski definition) is 5. The van der Waals surface area contributed by atoms with Crippen LogP contribution in [0.1, 0.15) is 19.3 Å². The Bertz CT molecular complexity index is 540. The molecule has 1 saturated carbocycles. The number of benzene rings is 1. The fourth-order valence-electron chi connectivity index (χ4n) is 1.74. The number of nitriles is 1. The van der Waals surface area contributed by atoms with Crippen molar-refractivity contribution in [2.75, 3.05) is 6.61 Å². The van der Waals surface area contributed by atoms with Gasteiger partial charge in [-0.2, -0.15) is 9.65 Å². The van der Waals surface area contributed by atoms with E-state index in [4.69, 9.17) is 10.00 Å². The molecule has 0 aliphatic heterocycles. The highest BCUT2D eigenvalue weighted by molar-refractivity contribution is 5.37. The predicted molar refractivity (Wildman–Crippen MR) is 68.7 cm³/mol. The smallest absolute Gasteiger partial charge is 0.305 e. The third-order valence-electron chi connectivity index (χ3n) is 2.96. The maximum absolute atomic E-state index is 13.3. The van der Waals surface area contributed by atoms with E-state index in [9.17, 15) is 14.5 Å². The Morgan fingerprint density at radius 2 is 2.35 bits per heavy atom. The van der Waals surface area contributed by atoms with Crippen LogP contribution in [0.25, 0.3) is 0 Å². The number of nitrogens with one attached hydrogen (secondary N) is 1. The van der Waals surface area contributed by atoms with Crippen molar-refractivity contribution in [3.8, 4) is 11.8 Å². The maximum Gasteiger partial charge on any atom is 0.305 e. The molecule has 1 fully saturated rings. The lowest BCUT2D eigenvalue weighted by atomic mass is 10.2. The topological polar surface area (TPSA) is 88.2 Å². The van der Waals surface area contributed by atoms with Gasteiger partial charge in [-0.15, -0.1) is 0 Å². The van der Waals surface area contributed by atoms with Gasteiger partial charge in [0.1, 0.15) is 5.75 Å². The molecule has 1 aliphatic rings. The summed E-state index contributed by atoms with van der Waals surface area (Å²) < 4.78 is 18.6. The summed E-state index contributed by atoms with van der Waals surface area (Å²) in [5.41, 5.74) is -0.581. The van der Waals surface area contributed by atoms with E-state index >= 15 is 0 Å². The van der Waals surface area contributed by atoms with Crippen LogP contribution in [-0.2, 0) is 0 Å². The fraction of sp³-hybridized carbons (Fsp3) is 0.462. The molecule has 20 heavy (non-hydrogen) atoms. The minimum atomic E-state index is -0.930. The van der Waals surface area contributed by atoms with Gasteiger partial charge in [0, 0.05) is 24.6 Å². The molecule has 0 heterocycles. The van der Waals surface area contributed by atoms with E-state index in [-0.39, 0.29) is 18.4 Å². The second-order valence-electron chi connectivity index (χ2n) is 4.63. The third-order valence-corrected chi connectivity index (χ3v) is 2.96. The van der Waals surface area contributed by atoms with Gasteiger partial charge in [-0.3, -0.25) is 15.4 Å². The molecule has 1 unspecified atom stereocenters. The summed E-state index contributed by atoms with van der Waals surface area (Å²) in [5, 5.41) is 22.6. The summed E-state index contributed by atoms with van der Waals surface area (Å²) in [5.74, 6) is -0.711. The van der Waals surface area contributed by atoms with Crippen LogP contribution in [0.15, 0.2) is 18.2 Å². The minimum absolute atomic E-state index is 0.219. The van der Waals surface area contributed by atoms with Gasteiger partial charge in [0.2, 0.25) is 5.82 Å². The molecule has 0 aromatic heterocycles. The first-order valence-electron chi connectivity index (χ1n) is 6.32. The molecule has 1 aromatic rings. The molecule has 6 nitrogen and oxygen atoms in total. The largest absolute Gasteiger partial charge is 0.493 e. The lowest BCUT2D eigenvalue weighted by Crippen LogP contribution is -2.31. The van der Waals surface area contributed by atoms with Crippen molar-refractivity contribution in [1.82, 2.24) is 5.32 Å². The number of nitro benzene ring substituents is 1. The molecule has 0 amide bonds. The number of ether oxygens (including phenoxy) is 1. The summed E-state index contributed by atoms with van der Waals surface area (Å²) in [6.45, 7) is 0.245. The summed E-state index contributed by atoms with van der Waals surface area (Å²) >= 11 is 0. The van der Waals surface area contributed by atoms with Gasteiger partial charge in [0.15, 0.2) is 0 Å². The highest BCUT2D eigenvalue weighted by atomic mass is 19.1. The first kappa shape index (κ1) is 14.2. The van der Waals surface area contributed by atoms with Crippen LogP contribution in [0.2, 0.25) is 0 Å². The number of nitrogens with zero attached hydrogens (tertiary/aromatic N) is 2. The van der Waals surface area contributed by atoms with Crippen LogP contribution in [0.3, 0.4) is 0 Å². The maximum atomic E-state index is 13.3. The van der Waals surface area contributed by atoms with Crippen LogP contribution in [0, 0.1) is 27.3 Å². The van der Waals surface area contributed by atoms with Crippen molar-refractivity contribution in [2.24, 2.45) is 0 Å². The van der Waals surface area contributed by atoms with E-state index in [1.807, 2.05) is 0 Å². The second-order valence-corrected chi connectivity index (χ2v) is 4.63. The van der Waals surface area contributed by atoms with E-state index in [0.29, 0.717) is 12.5 Å². The number of halogens is 1. The Morgan fingerprint density at radius 1 is 1.60 bits per heavy atom. The van der Waals surface area contributed by atoms with Gasteiger partial charge in [-0.25, -0.2) is 0 Å². The predicted octanol–water partition coefficient (Wildman–Crippen LogP) is 2.15.